The van der Waals surface area contributed by atoms with Crippen molar-refractivity contribution < 1.29 is 14.3 Å². The molecule has 120 valence electrons. The number of rotatable bonds is 3. The number of likely N-dealkylation sites (tertiary alicyclic amines) is 1. The van der Waals surface area contributed by atoms with Gasteiger partial charge < -0.3 is 14.4 Å². The Kier molecular flexibility index (Phi) is 4.76. The molecular formula is C17H24N2O3. The Bertz CT molecular complexity index is 534. The first-order valence-corrected chi connectivity index (χ1v) is 7.88. The summed E-state index contributed by atoms with van der Waals surface area (Å²) >= 11 is 0. The molecule has 0 saturated carbocycles. The van der Waals surface area contributed by atoms with Gasteiger partial charge in [-0.25, -0.2) is 0 Å². The zero-order chi connectivity index (χ0) is 15.5. The molecule has 0 radical (unpaired) electrons. The van der Waals surface area contributed by atoms with Crippen LogP contribution < -0.4 is 0 Å². The second kappa shape index (κ2) is 6.77. The fraction of sp³-hybridized carbons (Fsp3) is 0.588. The first-order chi connectivity index (χ1) is 10.7. The molecule has 1 amide bonds. The van der Waals surface area contributed by atoms with Crippen LogP contribution in [0.15, 0.2) is 24.3 Å². The summed E-state index contributed by atoms with van der Waals surface area (Å²) in [7, 11) is 3.77. The summed E-state index contributed by atoms with van der Waals surface area (Å²) in [6.45, 7) is 3.69. The van der Waals surface area contributed by atoms with Crippen LogP contribution in [0.25, 0.3) is 0 Å². The van der Waals surface area contributed by atoms with E-state index >= 15 is 0 Å². The number of likely N-dealkylation sites (N-methyl/N-ethyl adjacent to an activating group) is 1. The Morgan fingerprint density at radius 3 is 3.00 bits per heavy atom. The number of benzene rings is 1. The number of carbonyl (C=O) groups is 1. The van der Waals surface area contributed by atoms with Crippen molar-refractivity contribution in [2.24, 2.45) is 0 Å². The number of hydrogen-bond donors (Lipinski definition) is 0. The lowest BCUT2D eigenvalue weighted by Gasteiger charge is -2.45. The van der Waals surface area contributed by atoms with Gasteiger partial charge in [0, 0.05) is 32.3 Å². The minimum Gasteiger partial charge on any atom is -0.380 e. The van der Waals surface area contributed by atoms with E-state index in [4.69, 9.17) is 9.47 Å². The van der Waals surface area contributed by atoms with Gasteiger partial charge in [0.1, 0.15) is 0 Å². The van der Waals surface area contributed by atoms with Crippen molar-refractivity contribution >= 4 is 5.91 Å². The van der Waals surface area contributed by atoms with Gasteiger partial charge >= 0.3 is 0 Å². The Hall–Kier alpha value is -1.43. The molecule has 0 aliphatic carbocycles. The Morgan fingerprint density at radius 1 is 1.36 bits per heavy atom. The summed E-state index contributed by atoms with van der Waals surface area (Å²) in [5.74, 6) is 0.102. The van der Waals surface area contributed by atoms with E-state index in [1.165, 1.54) is 0 Å². The SMILES string of the molecule is COCc1ccccc1C(=O)N1CCC2OCCN(C)C2C1. The van der Waals surface area contributed by atoms with Gasteiger partial charge in [-0.2, -0.15) is 0 Å². The molecule has 22 heavy (non-hydrogen) atoms. The first kappa shape index (κ1) is 15.5. The third kappa shape index (κ3) is 3.02. The molecule has 2 aliphatic rings. The lowest BCUT2D eigenvalue weighted by Crippen LogP contribution is -2.59. The molecule has 1 aromatic carbocycles. The molecule has 0 N–H and O–H groups in total. The molecule has 0 aromatic heterocycles. The molecule has 2 fully saturated rings. The van der Waals surface area contributed by atoms with Crippen molar-refractivity contribution in [3.63, 3.8) is 0 Å². The molecule has 2 heterocycles. The van der Waals surface area contributed by atoms with E-state index < -0.39 is 0 Å². The maximum atomic E-state index is 12.9. The molecule has 5 heteroatoms. The minimum absolute atomic E-state index is 0.102. The zero-order valence-corrected chi connectivity index (χ0v) is 13.3. The smallest absolute Gasteiger partial charge is 0.254 e. The zero-order valence-electron chi connectivity index (χ0n) is 13.3. The Labute approximate surface area is 131 Å². The van der Waals surface area contributed by atoms with E-state index in [9.17, 15) is 4.79 Å². The number of nitrogens with zero attached hydrogens (tertiary/aromatic N) is 2. The highest BCUT2D eigenvalue weighted by molar-refractivity contribution is 5.95. The van der Waals surface area contributed by atoms with Crippen LogP contribution in [0.3, 0.4) is 0 Å². The van der Waals surface area contributed by atoms with Crippen LogP contribution in [0.1, 0.15) is 22.3 Å². The number of fused-ring (bicyclic) bond motifs is 1. The topological polar surface area (TPSA) is 42.0 Å². The van der Waals surface area contributed by atoms with Crippen LogP contribution in [0.4, 0.5) is 0 Å². The van der Waals surface area contributed by atoms with Crippen molar-refractivity contribution in [2.45, 2.75) is 25.2 Å². The van der Waals surface area contributed by atoms with Gasteiger partial charge in [-0.1, -0.05) is 18.2 Å². The largest absolute Gasteiger partial charge is 0.380 e. The molecule has 1 aromatic rings. The van der Waals surface area contributed by atoms with E-state index in [0.717, 1.165) is 43.8 Å². The van der Waals surface area contributed by atoms with Gasteiger partial charge in [-0.05, 0) is 25.1 Å². The van der Waals surface area contributed by atoms with E-state index in [1.54, 1.807) is 7.11 Å². The van der Waals surface area contributed by atoms with Crippen LogP contribution in [0, 0.1) is 0 Å². The standard InChI is InChI=1S/C17H24N2O3/c1-18-9-10-22-16-7-8-19(11-15(16)18)17(20)14-6-4-3-5-13(14)12-21-2/h3-6,15-16H,7-12H2,1-2H3. The number of amides is 1. The molecule has 0 spiro atoms. The summed E-state index contributed by atoms with van der Waals surface area (Å²) in [4.78, 5) is 17.2. The average Bonchev–Trinajstić information content (AvgIpc) is 2.55. The normalized spacial score (nSPS) is 25.8. The number of morpholine rings is 1. The Balaban J connectivity index is 1.75. The Morgan fingerprint density at radius 2 is 2.18 bits per heavy atom. The van der Waals surface area contributed by atoms with Gasteiger partial charge in [0.25, 0.3) is 5.91 Å². The number of methoxy groups -OCH3 is 1. The second-order valence-corrected chi connectivity index (χ2v) is 6.09. The first-order valence-electron chi connectivity index (χ1n) is 7.88. The van der Waals surface area contributed by atoms with E-state index in [-0.39, 0.29) is 12.0 Å². The van der Waals surface area contributed by atoms with Crippen molar-refractivity contribution in [2.75, 3.05) is 40.4 Å². The number of carbonyl (C=O) groups excluding carboxylic acids is 1. The van der Waals surface area contributed by atoms with Gasteiger partial charge in [0.2, 0.25) is 0 Å². The van der Waals surface area contributed by atoms with Gasteiger partial charge in [-0.15, -0.1) is 0 Å². The van der Waals surface area contributed by atoms with Gasteiger partial charge in [0.05, 0.1) is 25.4 Å². The van der Waals surface area contributed by atoms with Crippen LogP contribution >= 0.6 is 0 Å². The van der Waals surface area contributed by atoms with Crippen LogP contribution in [-0.4, -0.2) is 68.3 Å². The van der Waals surface area contributed by atoms with E-state index in [1.807, 2.05) is 29.2 Å². The molecule has 2 saturated heterocycles. The minimum atomic E-state index is 0.102. The molecule has 2 unspecified atom stereocenters. The molecular weight excluding hydrogens is 280 g/mol. The fourth-order valence-corrected chi connectivity index (χ4v) is 3.41. The van der Waals surface area contributed by atoms with Crippen molar-refractivity contribution in [1.29, 1.82) is 0 Å². The highest BCUT2D eigenvalue weighted by atomic mass is 16.5. The third-order valence-electron chi connectivity index (χ3n) is 4.70. The maximum Gasteiger partial charge on any atom is 0.254 e. The highest BCUT2D eigenvalue weighted by Gasteiger charge is 2.37. The van der Waals surface area contributed by atoms with Crippen molar-refractivity contribution in [1.82, 2.24) is 9.80 Å². The summed E-state index contributed by atoms with van der Waals surface area (Å²) in [6.07, 6.45) is 1.17. The summed E-state index contributed by atoms with van der Waals surface area (Å²) in [5, 5.41) is 0. The third-order valence-corrected chi connectivity index (χ3v) is 4.70. The molecule has 0 bridgehead atoms. The summed E-state index contributed by atoms with van der Waals surface area (Å²) in [5.41, 5.74) is 1.70. The average molecular weight is 304 g/mol. The second-order valence-electron chi connectivity index (χ2n) is 6.09. The predicted octanol–water partition coefficient (Wildman–Crippen LogP) is 1.38. The molecule has 3 rings (SSSR count). The highest BCUT2D eigenvalue weighted by Crippen LogP contribution is 2.24. The van der Waals surface area contributed by atoms with Crippen LogP contribution in [-0.2, 0) is 16.1 Å². The van der Waals surface area contributed by atoms with Crippen molar-refractivity contribution in [3.05, 3.63) is 35.4 Å². The monoisotopic (exact) mass is 304 g/mol. The van der Waals surface area contributed by atoms with E-state index in [0.29, 0.717) is 12.6 Å². The molecule has 2 aliphatic heterocycles. The van der Waals surface area contributed by atoms with Gasteiger partial charge in [0.15, 0.2) is 0 Å². The van der Waals surface area contributed by atoms with Crippen LogP contribution in [0.2, 0.25) is 0 Å². The maximum absolute atomic E-state index is 12.9. The summed E-state index contributed by atoms with van der Waals surface area (Å²) < 4.78 is 11.1. The molecule has 5 nitrogen and oxygen atoms in total. The van der Waals surface area contributed by atoms with Crippen molar-refractivity contribution in [3.8, 4) is 0 Å². The lowest BCUT2D eigenvalue weighted by molar-refractivity contribution is -0.0893. The fourth-order valence-electron chi connectivity index (χ4n) is 3.41. The van der Waals surface area contributed by atoms with Crippen LogP contribution in [0.5, 0.6) is 0 Å². The molecule has 2 atom stereocenters. The number of piperidine rings is 1. The number of ether oxygens (including phenoxy) is 2. The predicted molar refractivity (Wildman–Crippen MR) is 83.8 cm³/mol. The number of hydrogen-bond acceptors (Lipinski definition) is 4. The van der Waals surface area contributed by atoms with E-state index in [2.05, 4.69) is 11.9 Å². The quantitative estimate of drug-likeness (QED) is 0.846. The summed E-state index contributed by atoms with van der Waals surface area (Å²) in [6, 6.07) is 8.01. The van der Waals surface area contributed by atoms with Gasteiger partial charge in [-0.3, -0.25) is 9.69 Å². The lowest BCUT2D eigenvalue weighted by atomic mass is 9.97.